The minimum Gasteiger partial charge on any atom is -0.257 e. The lowest BCUT2D eigenvalue weighted by Crippen LogP contribution is -1.63. The van der Waals surface area contributed by atoms with Gasteiger partial charge in [-0.2, -0.15) is 0 Å². The summed E-state index contributed by atoms with van der Waals surface area (Å²) in [5.41, 5.74) is 2.04. The third-order valence-corrected chi connectivity index (χ3v) is 0.828. The fourth-order valence-corrected chi connectivity index (χ4v) is 0.522. The lowest BCUT2D eigenvalue weighted by Gasteiger charge is -1.73. The molecule has 0 atom stereocenters. The van der Waals surface area contributed by atoms with Gasteiger partial charge in [-0.25, -0.2) is 0 Å². The Morgan fingerprint density at radius 2 is 2.43 bits per heavy atom. The van der Waals surface area contributed by atoms with E-state index in [1.165, 1.54) is 5.57 Å². The average Bonchev–Trinajstić information content (AvgIpc) is 1.87. The fraction of sp³-hybridized carbons (Fsp3) is 0.167. The summed E-state index contributed by atoms with van der Waals surface area (Å²) in [7, 11) is 0. The largest absolute Gasteiger partial charge is 0.257 e. The molecule has 1 heteroatoms. The van der Waals surface area contributed by atoms with Gasteiger partial charge in [0.05, 0.1) is 5.70 Å². The molecule has 0 amide bonds. The Bertz CT molecular complexity index is 152. The van der Waals surface area contributed by atoms with Gasteiger partial charge in [0, 0.05) is 6.21 Å². The highest BCUT2D eigenvalue weighted by atomic mass is 14.7. The van der Waals surface area contributed by atoms with E-state index >= 15 is 0 Å². The van der Waals surface area contributed by atoms with Crippen LogP contribution in [0, 0.1) is 0 Å². The molecule has 0 unspecified atom stereocenters. The van der Waals surface area contributed by atoms with Crippen LogP contribution in [0.5, 0.6) is 0 Å². The van der Waals surface area contributed by atoms with Gasteiger partial charge in [-0.15, -0.1) is 0 Å². The highest BCUT2D eigenvalue weighted by Gasteiger charge is 1.91. The fourth-order valence-electron chi connectivity index (χ4n) is 0.522. The number of hydrogen-bond acceptors (Lipinski definition) is 1. The Kier molecular flexibility index (Phi) is 0.823. The van der Waals surface area contributed by atoms with Crippen LogP contribution in [0.2, 0.25) is 0 Å². The summed E-state index contributed by atoms with van der Waals surface area (Å²) in [6.07, 6.45) is 3.75. The van der Waals surface area contributed by atoms with Gasteiger partial charge in [-0.3, -0.25) is 4.99 Å². The predicted octanol–water partition coefficient (Wildman–Crippen LogP) is 1.53. The molecule has 0 spiro atoms. The Balaban J connectivity index is 2.88. The van der Waals surface area contributed by atoms with E-state index in [1.807, 2.05) is 19.2 Å². The van der Waals surface area contributed by atoms with E-state index in [4.69, 9.17) is 0 Å². The van der Waals surface area contributed by atoms with Gasteiger partial charge in [0.25, 0.3) is 0 Å². The predicted molar refractivity (Wildman–Crippen MR) is 31.4 cm³/mol. The molecular formula is C6H7N. The van der Waals surface area contributed by atoms with E-state index in [9.17, 15) is 0 Å². The molecule has 1 aliphatic rings. The summed E-state index contributed by atoms with van der Waals surface area (Å²) in [6, 6.07) is 0. The van der Waals surface area contributed by atoms with Crippen molar-refractivity contribution in [2.45, 2.75) is 6.92 Å². The lowest BCUT2D eigenvalue weighted by molar-refractivity contribution is 1.49. The first-order chi connectivity index (χ1) is 3.29. The zero-order chi connectivity index (χ0) is 5.28. The smallest absolute Gasteiger partial charge is 0.0561 e. The Morgan fingerprint density at radius 1 is 1.71 bits per heavy atom. The molecule has 0 saturated carbocycles. The van der Waals surface area contributed by atoms with Gasteiger partial charge in [-0.05, 0) is 18.6 Å². The second-order valence-corrected chi connectivity index (χ2v) is 1.64. The van der Waals surface area contributed by atoms with Crippen LogP contribution in [-0.2, 0) is 0 Å². The third-order valence-electron chi connectivity index (χ3n) is 0.828. The molecule has 1 heterocycles. The normalized spacial score (nSPS) is 17.9. The Hall–Kier alpha value is -0.850. The van der Waals surface area contributed by atoms with Crippen LogP contribution < -0.4 is 0 Å². The molecule has 0 radical (unpaired) electrons. The number of rotatable bonds is 0. The van der Waals surface area contributed by atoms with E-state index in [0.717, 1.165) is 5.70 Å². The number of nitrogens with zero attached hydrogens (tertiary/aromatic N) is 1. The third kappa shape index (κ3) is 0.769. The summed E-state index contributed by atoms with van der Waals surface area (Å²) in [5.74, 6) is 0. The topological polar surface area (TPSA) is 12.4 Å². The van der Waals surface area contributed by atoms with Gasteiger partial charge < -0.3 is 0 Å². The van der Waals surface area contributed by atoms with E-state index in [0.29, 0.717) is 0 Å². The van der Waals surface area contributed by atoms with Gasteiger partial charge in [0.2, 0.25) is 0 Å². The summed E-state index contributed by atoms with van der Waals surface area (Å²) in [5, 5.41) is 0. The van der Waals surface area contributed by atoms with Crippen LogP contribution in [0.4, 0.5) is 0 Å². The van der Waals surface area contributed by atoms with E-state index in [1.54, 1.807) is 0 Å². The highest BCUT2D eigenvalue weighted by Crippen LogP contribution is 2.05. The summed E-state index contributed by atoms with van der Waals surface area (Å²) in [6.45, 7) is 5.63. The van der Waals surface area contributed by atoms with Crippen molar-refractivity contribution in [2.24, 2.45) is 4.99 Å². The Morgan fingerprint density at radius 3 is 2.57 bits per heavy atom. The first kappa shape index (κ1) is 4.31. The Labute approximate surface area is 43.1 Å². The van der Waals surface area contributed by atoms with Gasteiger partial charge in [0.15, 0.2) is 0 Å². The van der Waals surface area contributed by atoms with Gasteiger partial charge >= 0.3 is 0 Å². The number of allylic oxidation sites excluding steroid dienone is 2. The molecule has 0 aliphatic carbocycles. The van der Waals surface area contributed by atoms with Crippen LogP contribution in [-0.4, -0.2) is 6.21 Å². The molecule has 0 fully saturated rings. The van der Waals surface area contributed by atoms with Crippen molar-refractivity contribution < 1.29 is 0 Å². The number of hydrogen-bond donors (Lipinski definition) is 0. The second kappa shape index (κ2) is 1.34. The maximum absolute atomic E-state index is 3.91. The van der Waals surface area contributed by atoms with Gasteiger partial charge in [-0.1, -0.05) is 6.58 Å². The lowest BCUT2D eigenvalue weighted by atomic mass is 10.3. The van der Waals surface area contributed by atoms with Crippen LogP contribution in [0.1, 0.15) is 6.92 Å². The molecule has 0 N–H and O–H groups in total. The monoisotopic (exact) mass is 93.1 g/mol. The van der Waals surface area contributed by atoms with Crippen molar-refractivity contribution in [3.63, 3.8) is 0 Å². The first-order valence-corrected chi connectivity index (χ1v) is 2.20. The molecule has 1 rings (SSSR count). The molecule has 0 saturated heterocycles. The quantitative estimate of drug-likeness (QED) is 0.430. The average molecular weight is 93.1 g/mol. The van der Waals surface area contributed by atoms with Crippen molar-refractivity contribution in [3.8, 4) is 0 Å². The number of aliphatic imine (C=N–C) groups is 1. The SMILES string of the molecule is C=C1C=C(C)C=N1. The van der Waals surface area contributed by atoms with Crippen molar-refractivity contribution in [3.05, 3.63) is 23.9 Å². The van der Waals surface area contributed by atoms with Crippen molar-refractivity contribution in [1.82, 2.24) is 0 Å². The maximum atomic E-state index is 3.91. The maximum Gasteiger partial charge on any atom is 0.0561 e. The minimum absolute atomic E-state index is 0.859. The molecule has 36 valence electrons. The molecule has 0 aromatic carbocycles. The molecule has 1 aliphatic heterocycles. The van der Waals surface area contributed by atoms with E-state index < -0.39 is 0 Å². The molecule has 7 heavy (non-hydrogen) atoms. The van der Waals surface area contributed by atoms with Gasteiger partial charge in [0.1, 0.15) is 0 Å². The van der Waals surface area contributed by atoms with Crippen LogP contribution in [0.15, 0.2) is 28.9 Å². The first-order valence-electron chi connectivity index (χ1n) is 2.20. The van der Waals surface area contributed by atoms with Crippen LogP contribution in [0.25, 0.3) is 0 Å². The standard InChI is InChI=1S/C6H7N/c1-5-3-6(2)7-4-5/h3-4H,2H2,1H3. The molecule has 0 aromatic heterocycles. The molecule has 1 nitrogen and oxygen atoms in total. The zero-order valence-electron chi connectivity index (χ0n) is 4.31. The van der Waals surface area contributed by atoms with Crippen molar-refractivity contribution in [1.29, 1.82) is 0 Å². The van der Waals surface area contributed by atoms with Crippen LogP contribution in [0.3, 0.4) is 0 Å². The van der Waals surface area contributed by atoms with E-state index in [2.05, 4.69) is 11.6 Å². The summed E-state index contributed by atoms with van der Waals surface area (Å²) < 4.78 is 0. The second-order valence-electron chi connectivity index (χ2n) is 1.64. The summed E-state index contributed by atoms with van der Waals surface area (Å²) >= 11 is 0. The summed E-state index contributed by atoms with van der Waals surface area (Å²) in [4.78, 5) is 3.91. The van der Waals surface area contributed by atoms with Crippen LogP contribution >= 0.6 is 0 Å². The van der Waals surface area contributed by atoms with Crippen molar-refractivity contribution in [2.75, 3.05) is 0 Å². The van der Waals surface area contributed by atoms with Crippen molar-refractivity contribution >= 4 is 6.21 Å². The minimum atomic E-state index is 0.859. The zero-order valence-corrected chi connectivity index (χ0v) is 4.31. The highest BCUT2D eigenvalue weighted by molar-refractivity contribution is 5.82. The molecule has 0 bridgehead atoms. The van der Waals surface area contributed by atoms with E-state index in [-0.39, 0.29) is 0 Å². The molecule has 0 aromatic rings. The molecular weight excluding hydrogens is 86.1 g/mol.